The van der Waals surface area contributed by atoms with E-state index in [1.807, 2.05) is 0 Å². The molecule has 0 amide bonds. The number of aromatic nitrogens is 4. The van der Waals surface area contributed by atoms with Crippen LogP contribution < -0.4 is 10.5 Å². The summed E-state index contributed by atoms with van der Waals surface area (Å²) in [7, 11) is -2.97. The summed E-state index contributed by atoms with van der Waals surface area (Å²) >= 11 is 0. The van der Waals surface area contributed by atoms with Gasteiger partial charge in [0.1, 0.15) is 24.4 Å². The summed E-state index contributed by atoms with van der Waals surface area (Å²) in [4.78, 5) is 8.22. The molecule has 12 nitrogen and oxygen atoms in total. The molecule has 4 atom stereocenters. The van der Waals surface area contributed by atoms with Gasteiger partial charge in [0, 0.05) is 0 Å². The average molecular weight is 400 g/mol. The number of rotatable bonds is 4. The first kappa shape index (κ1) is 18.5. The van der Waals surface area contributed by atoms with E-state index in [9.17, 15) is 8.42 Å². The zero-order valence-corrected chi connectivity index (χ0v) is 15.9. The fourth-order valence-electron chi connectivity index (χ4n) is 3.41. The summed E-state index contributed by atoms with van der Waals surface area (Å²) in [6.07, 6.45) is -1.86. The number of fused-ring (bicyclic) bond motifs is 2. The van der Waals surface area contributed by atoms with Crippen molar-refractivity contribution in [2.24, 2.45) is 0 Å². The number of ether oxygens (including phenoxy) is 3. The lowest BCUT2D eigenvalue weighted by atomic mass is 10.2. The Hall–Kier alpha value is -1.90. The molecular formula is C14H20N6O6S. The molecule has 4 heterocycles. The molecule has 27 heavy (non-hydrogen) atoms. The minimum atomic E-state index is -4.01. The monoisotopic (exact) mass is 400 g/mol. The summed E-state index contributed by atoms with van der Waals surface area (Å²) in [5.41, 5.74) is 7.00. The lowest BCUT2D eigenvalue weighted by Crippen LogP contribution is -2.44. The minimum Gasteiger partial charge on any atom is -0.383 e. The third-order valence-corrected chi connectivity index (χ3v) is 5.40. The highest BCUT2D eigenvalue weighted by Crippen LogP contribution is 2.43. The lowest BCUT2D eigenvalue weighted by molar-refractivity contribution is -0.199. The zero-order chi connectivity index (χ0) is 19.6. The molecule has 148 valence electrons. The van der Waals surface area contributed by atoms with Crippen molar-refractivity contribution in [1.29, 1.82) is 0 Å². The maximum Gasteiger partial charge on any atom is 0.337 e. The molecular weight excluding hydrogens is 380 g/mol. The molecule has 0 saturated carbocycles. The van der Waals surface area contributed by atoms with E-state index in [2.05, 4.69) is 24.0 Å². The lowest BCUT2D eigenvalue weighted by Gasteiger charge is -2.24. The summed E-state index contributed by atoms with van der Waals surface area (Å²) < 4.78 is 49.6. The van der Waals surface area contributed by atoms with Crippen LogP contribution >= 0.6 is 0 Å². The van der Waals surface area contributed by atoms with Gasteiger partial charge in [-0.1, -0.05) is 0 Å². The second kappa shape index (κ2) is 6.05. The normalized spacial score (nSPS) is 30.1. The second-order valence-electron chi connectivity index (χ2n) is 6.74. The third-order valence-electron chi connectivity index (χ3n) is 4.44. The van der Waals surface area contributed by atoms with Crippen LogP contribution in [0.5, 0.6) is 0 Å². The Labute approximate surface area is 155 Å². The van der Waals surface area contributed by atoms with E-state index in [-0.39, 0.29) is 0 Å². The first-order valence-electron chi connectivity index (χ1n) is 8.16. The van der Waals surface area contributed by atoms with E-state index in [1.54, 1.807) is 20.8 Å². The first-order chi connectivity index (χ1) is 12.6. The maximum absolute atomic E-state index is 11.8. The van der Waals surface area contributed by atoms with E-state index in [0.717, 1.165) is 7.11 Å². The molecule has 13 heteroatoms. The van der Waals surface area contributed by atoms with Gasteiger partial charge >= 0.3 is 10.3 Å². The SMILES string of the molecule is COS(=O)(=O)N[C@@H]1O[C@@H](n2nc(C)c3c(N)ncnc32)[C@@H]2OC(C)(C)O[C@H]21. The number of nitrogens with one attached hydrogen (secondary N) is 1. The number of nitrogens with two attached hydrogens (primary N) is 1. The predicted octanol–water partition coefficient (Wildman–Crippen LogP) is -0.427. The van der Waals surface area contributed by atoms with Gasteiger partial charge in [-0.2, -0.15) is 18.2 Å². The van der Waals surface area contributed by atoms with Crippen LogP contribution in [0.2, 0.25) is 0 Å². The fourth-order valence-corrected chi connectivity index (χ4v) is 3.98. The maximum atomic E-state index is 11.8. The van der Waals surface area contributed by atoms with Gasteiger partial charge in [0.2, 0.25) is 0 Å². The van der Waals surface area contributed by atoms with Crippen LogP contribution in [0.1, 0.15) is 25.8 Å². The van der Waals surface area contributed by atoms with Crippen molar-refractivity contribution in [3.63, 3.8) is 0 Å². The summed E-state index contributed by atoms with van der Waals surface area (Å²) in [5, 5.41) is 5.05. The largest absolute Gasteiger partial charge is 0.383 e. The van der Waals surface area contributed by atoms with Gasteiger partial charge in [-0.15, -0.1) is 0 Å². The van der Waals surface area contributed by atoms with Crippen LogP contribution in [0.4, 0.5) is 5.82 Å². The molecule has 4 rings (SSSR count). The van der Waals surface area contributed by atoms with Crippen molar-refractivity contribution in [2.45, 2.75) is 51.2 Å². The molecule has 0 radical (unpaired) electrons. The minimum absolute atomic E-state index is 0.291. The predicted molar refractivity (Wildman–Crippen MR) is 91.3 cm³/mol. The average Bonchev–Trinajstić information content (AvgIpc) is 3.18. The van der Waals surface area contributed by atoms with Gasteiger partial charge in [0.25, 0.3) is 0 Å². The van der Waals surface area contributed by atoms with Crippen LogP contribution in [0, 0.1) is 6.92 Å². The Morgan fingerprint density at radius 2 is 2.00 bits per heavy atom. The highest BCUT2D eigenvalue weighted by Gasteiger charge is 2.57. The van der Waals surface area contributed by atoms with Crippen molar-refractivity contribution in [2.75, 3.05) is 12.8 Å². The molecule has 0 aromatic carbocycles. The van der Waals surface area contributed by atoms with Crippen LogP contribution in [0.3, 0.4) is 0 Å². The van der Waals surface area contributed by atoms with Gasteiger partial charge in [0.15, 0.2) is 23.9 Å². The van der Waals surface area contributed by atoms with Crippen LogP contribution in [0.25, 0.3) is 11.0 Å². The van der Waals surface area contributed by atoms with E-state index in [4.69, 9.17) is 19.9 Å². The molecule has 2 aliphatic rings. The van der Waals surface area contributed by atoms with Gasteiger partial charge in [-0.05, 0) is 20.8 Å². The number of hydrogen-bond acceptors (Lipinski definition) is 10. The Kier molecular flexibility index (Phi) is 4.14. The molecule has 2 fully saturated rings. The summed E-state index contributed by atoms with van der Waals surface area (Å²) in [6.45, 7) is 5.24. The molecule has 2 aliphatic heterocycles. The topological polar surface area (TPSA) is 153 Å². The molecule has 0 aliphatic carbocycles. The molecule has 0 bridgehead atoms. The highest BCUT2D eigenvalue weighted by molar-refractivity contribution is 7.84. The standard InChI is InChI=1S/C14H20N6O6S/c1-6-7-10(15)16-5-17-11(7)20(18-6)13-9-8(25-14(2,3)26-9)12(24-13)19-27(21,22)23-4/h5,8-9,12-13,19H,1-4H3,(H2,15,16,17)/t8-,9-,12-,13-/m1/s1. The molecule has 2 aromatic rings. The van der Waals surface area contributed by atoms with Crippen molar-refractivity contribution < 1.29 is 26.8 Å². The molecule has 0 unspecified atom stereocenters. The van der Waals surface area contributed by atoms with E-state index >= 15 is 0 Å². The van der Waals surface area contributed by atoms with E-state index < -0.39 is 40.8 Å². The molecule has 2 saturated heterocycles. The summed E-state index contributed by atoms with van der Waals surface area (Å²) in [5.74, 6) is -0.640. The van der Waals surface area contributed by atoms with Gasteiger partial charge in [-0.3, -0.25) is 4.18 Å². The van der Waals surface area contributed by atoms with Crippen LogP contribution in [0.15, 0.2) is 6.33 Å². The van der Waals surface area contributed by atoms with Gasteiger partial charge in [-0.25, -0.2) is 14.6 Å². The third kappa shape index (κ3) is 3.05. The second-order valence-corrected chi connectivity index (χ2v) is 8.22. The zero-order valence-electron chi connectivity index (χ0n) is 15.1. The molecule has 2 aromatic heterocycles. The quantitative estimate of drug-likeness (QED) is 0.691. The van der Waals surface area contributed by atoms with E-state index in [1.165, 1.54) is 11.0 Å². The van der Waals surface area contributed by atoms with Gasteiger partial charge < -0.3 is 19.9 Å². The Morgan fingerprint density at radius 3 is 2.70 bits per heavy atom. The highest BCUT2D eigenvalue weighted by atomic mass is 32.2. The Bertz CT molecular complexity index is 991. The van der Waals surface area contributed by atoms with Crippen LogP contribution in [-0.4, -0.2) is 59.5 Å². The first-order valence-corrected chi connectivity index (χ1v) is 9.57. The van der Waals surface area contributed by atoms with Crippen LogP contribution in [-0.2, 0) is 28.7 Å². The molecule has 0 spiro atoms. The fraction of sp³-hybridized carbons (Fsp3) is 0.643. The number of aryl methyl sites for hydroxylation is 1. The number of hydrogen-bond donors (Lipinski definition) is 2. The van der Waals surface area contributed by atoms with Crippen molar-refractivity contribution in [1.82, 2.24) is 24.5 Å². The Balaban J connectivity index is 1.76. The van der Waals surface area contributed by atoms with Gasteiger partial charge in [0.05, 0.1) is 18.2 Å². The number of nitrogen functional groups attached to an aromatic ring is 1. The van der Waals surface area contributed by atoms with Crippen molar-refractivity contribution in [3.8, 4) is 0 Å². The number of nitrogens with zero attached hydrogens (tertiary/aromatic N) is 4. The van der Waals surface area contributed by atoms with Crippen molar-refractivity contribution in [3.05, 3.63) is 12.0 Å². The Morgan fingerprint density at radius 1 is 1.30 bits per heavy atom. The number of anilines is 1. The smallest absolute Gasteiger partial charge is 0.337 e. The van der Waals surface area contributed by atoms with Crippen molar-refractivity contribution >= 4 is 27.2 Å². The molecule has 3 N–H and O–H groups in total. The summed E-state index contributed by atoms with van der Waals surface area (Å²) in [6, 6.07) is 0. The van der Waals surface area contributed by atoms with E-state index in [0.29, 0.717) is 22.5 Å².